The first-order chi connectivity index (χ1) is 11.1. The van der Waals surface area contributed by atoms with Gasteiger partial charge in [0.05, 0.1) is 17.8 Å². The summed E-state index contributed by atoms with van der Waals surface area (Å²) in [4.78, 5) is 11.6. The molecule has 0 radical (unpaired) electrons. The van der Waals surface area contributed by atoms with Gasteiger partial charge in [-0.2, -0.15) is 5.10 Å². The molecule has 120 valence electrons. The topological polar surface area (TPSA) is 59.9 Å². The van der Waals surface area contributed by atoms with Gasteiger partial charge in [0.2, 0.25) is 0 Å². The smallest absolute Gasteiger partial charge is 0.277 e. The molecule has 1 N–H and O–H groups in total. The van der Waals surface area contributed by atoms with Gasteiger partial charge in [0.1, 0.15) is 5.75 Å². The van der Waals surface area contributed by atoms with Crippen LogP contribution < -0.4 is 14.9 Å². The maximum absolute atomic E-state index is 13.3. The Labute approximate surface area is 141 Å². The van der Waals surface area contributed by atoms with Crippen molar-refractivity contribution in [1.29, 1.82) is 0 Å². The van der Waals surface area contributed by atoms with Gasteiger partial charge in [-0.05, 0) is 51.8 Å². The molecule has 0 atom stereocenters. The molecule has 0 aromatic heterocycles. The summed E-state index contributed by atoms with van der Waals surface area (Å²) in [7, 11) is 1.57. The van der Waals surface area contributed by atoms with Crippen LogP contribution in [0, 0.1) is 5.82 Å². The van der Waals surface area contributed by atoms with E-state index in [1.807, 2.05) is 0 Å². The SMILES string of the molecule is COc1ccc(/C=N\NC(=O)COc2ccccc2F)cc1Br. The van der Waals surface area contributed by atoms with Crippen molar-refractivity contribution in [1.82, 2.24) is 5.43 Å². The molecule has 23 heavy (non-hydrogen) atoms. The van der Waals surface area contributed by atoms with E-state index in [9.17, 15) is 9.18 Å². The van der Waals surface area contributed by atoms with Gasteiger partial charge in [-0.3, -0.25) is 4.79 Å². The number of rotatable bonds is 6. The van der Waals surface area contributed by atoms with Gasteiger partial charge in [0.25, 0.3) is 5.91 Å². The summed E-state index contributed by atoms with van der Waals surface area (Å²) < 4.78 is 24.3. The van der Waals surface area contributed by atoms with Gasteiger partial charge in [-0.1, -0.05) is 12.1 Å². The number of amides is 1. The van der Waals surface area contributed by atoms with E-state index in [1.54, 1.807) is 37.4 Å². The molecule has 0 saturated heterocycles. The summed E-state index contributed by atoms with van der Waals surface area (Å²) in [6, 6.07) is 11.2. The average Bonchev–Trinajstić information content (AvgIpc) is 2.54. The van der Waals surface area contributed by atoms with Crippen LogP contribution >= 0.6 is 15.9 Å². The summed E-state index contributed by atoms with van der Waals surface area (Å²) in [6.45, 7) is -0.329. The summed E-state index contributed by atoms with van der Waals surface area (Å²) in [5.41, 5.74) is 3.08. The first-order valence-corrected chi connectivity index (χ1v) is 7.42. The Morgan fingerprint density at radius 3 is 2.78 bits per heavy atom. The van der Waals surface area contributed by atoms with E-state index >= 15 is 0 Å². The normalized spacial score (nSPS) is 10.6. The van der Waals surface area contributed by atoms with Crippen LogP contribution in [0.15, 0.2) is 52.0 Å². The second-order valence-corrected chi connectivity index (χ2v) is 5.26. The zero-order chi connectivity index (χ0) is 16.7. The van der Waals surface area contributed by atoms with Crippen LogP contribution in [0.1, 0.15) is 5.56 Å². The molecule has 0 unspecified atom stereocenters. The minimum atomic E-state index is -0.521. The predicted octanol–water partition coefficient (Wildman–Crippen LogP) is 3.13. The number of benzene rings is 2. The summed E-state index contributed by atoms with van der Waals surface area (Å²) >= 11 is 3.36. The Bertz CT molecular complexity index is 722. The Balaban J connectivity index is 1.84. The lowest BCUT2D eigenvalue weighted by Crippen LogP contribution is -2.24. The van der Waals surface area contributed by atoms with E-state index < -0.39 is 11.7 Å². The van der Waals surface area contributed by atoms with E-state index in [2.05, 4.69) is 26.5 Å². The molecule has 0 bridgehead atoms. The zero-order valence-corrected chi connectivity index (χ0v) is 13.8. The molecule has 1 amide bonds. The lowest BCUT2D eigenvalue weighted by atomic mass is 10.2. The molecule has 2 aromatic rings. The number of carbonyl (C=O) groups is 1. The molecule has 0 spiro atoms. The number of hydrogen-bond donors (Lipinski definition) is 1. The Kier molecular flexibility index (Phi) is 6.10. The number of methoxy groups -OCH3 is 1. The van der Waals surface area contributed by atoms with E-state index in [-0.39, 0.29) is 12.4 Å². The third-order valence-electron chi connectivity index (χ3n) is 2.77. The molecule has 0 heterocycles. The minimum Gasteiger partial charge on any atom is -0.496 e. The number of ether oxygens (including phenoxy) is 2. The van der Waals surface area contributed by atoms with Crippen LogP contribution in [0.4, 0.5) is 4.39 Å². The molecule has 2 rings (SSSR count). The number of hydrazone groups is 1. The van der Waals surface area contributed by atoms with Crippen LogP contribution in [-0.4, -0.2) is 25.8 Å². The van der Waals surface area contributed by atoms with Crippen LogP contribution in [0.3, 0.4) is 0 Å². The summed E-state index contributed by atoms with van der Waals surface area (Å²) in [5, 5.41) is 3.81. The molecular weight excluding hydrogens is 367 g/mol. The molecule has 5 nitrogen and oxygen atoms in total. The fourth-order valence-electron chi connectivity index (χ4n) is 1.68. The van der Waals surface area contributed by atoms with Gasteiger partial charge in [-0.25, -0.2) is 9.82 Å². The summed E-state index contributed by atoms with van der Waals surface area (Å²) in [5.74, 6) is -0.292. The second-order valence-electron chi connectivity index (χ2n) is 4.41. The van der Waals surface area contributed by atoms with E-state index in [0.29, 0.717) is 5.75 Å². The highest BCUT2D eigenvalue weighted by molar-refractivity contribution is 9.10. The third kappa shape index (κ3) is 5.07. The largest absolute Gasteiger partial charge is 0.496 e. The quantitative estimate of drug-likeness (QED) is 0.618. The molecule has 0 saturated carbocycles. The maximum atomic E-state index is 13.3. The molecule has 0 fully saturated rings. The fraction of sp³-hybridized carbons (Fsp3) is 0.125. The van der Waals surface area contributed by atoms with Crippen LogP contribution in [0.2, 0.25) is 0 Å². The van der Waals surface area contributed by atoms with Crippen molar-refractivity contribution in [3.8, 4) is 11.5 Å². The lowest BCUT2D eigenvalue weighted by Gasteiger charge is -2.05. The molecule has 0 aliphatic rings. The maximum Gasteiger partial charge on any atom is 0.277 e. The van der Waals surface area contributed by atoms with Crippen LogP contribution in [-0.2, 0) is 4.79 Å². The average molecular weight is 381 g/mol. The van der Waals surface area contributed by atoms with Crippen molar-refractivity contribution in [2.45, 2.75) is 0 Å². The number of carbonyl (C=O) groups excluding carboxylic acids is 1. The predicted molar refractivity (Wildman–Crippen MR) is 88.3 cm³/mol. The number of para-hydroxylation sites is 1. The first kappa shape index (κ1) is 17.0. The standard InChI is InChI=1S/C16H14BrFN2O3/c1-22-14-7-6-11(8-12(14)17)9-19-20-16(21)10-23-15-5-3-2-4-13(15)18/h2-9H,10H2,1H3,(H,20,21)/b19-9-. The van der Waals surface area contributed by atoms with E-state index in [4.69, 9.17) is 9.47 Å². The van der Waals surface area contributed by atoms with E-state index in [1.165, 1.54) is 18.3 Å². The van der Waals surface area contributed by atoms with Gasteiger partial charge in [0, 0.05) is 0 Å². The second kappa shape index (κ2) is 8.28. The highest BCUT2D eigenvalue weighted by Gasteiger charge is 2.05. The Morgan fingerprint density at radius 1 is 1.30 bits per heavy atom. The number of hydrogen-bond acceptors (Lipinski definition) is 4. The van der Waals surface area contributed by atoms with Gasteiger partial charge < -0.3 is 9.47 Å². The van der Waals surface area contributed by atoms with Crippen molar-refractivity contribution in [2.24, 2.45) is 5.10 Å². The van der Waals surface area contributed by atoms with Gasteiger partial charge in [0.15, 0.2) is 18.2 Å². The molecule has 7 heteroatoms. The Hall–Kier alpha value is -2.41. The zero-order valence-electron chi connectivity index (χ0n) is 12.3. The van der Waals surface area contributed by atoms with Crippen molar-refractivity contribution in [2.75, 3.05) is 13.7 Å². The van der Waals surface area contributed by atoms with Gasteiger partial charge >= 0.3 is 0 Å². The van der Waals surface area contributed by atoms with Crippen LogP contribution in [0.5, 0.6) is 11.5 Å². The highest BCUT2D eigenvalue weighted by atomic mass is 79.9. The Morgan fingerprint density at radius 2 is 2.09 bits per heavy atom. The number of nitrogens with one attached hydrogen (secondary N) is 1. The highest BCUT2D eigenvalue weighted by Crippen LogP contribution is 2.24. The van der Waals surface area contributed by atoms with Crippen molar-refractivity contribution in [3.63, 3.8) is 0 Å². The summed E-state index contributed by atoms with van der Waals surface area (Å²) in [6.07, 6.45) is 1.48. The molecule has 2 aromatic carbocycles. The molecule has 0 aliphatic carbocycles. The lowest BCUT2D eigenvalue weighted by molar-refractivity contribution is -0.123. The monoisotopic (exact) mass is 380 g/mol. The third-order valence-corrected chi connectivity index (χ3v) is 3.39. The van der Waals surface area contributed by atoms with Crippen molar-refractivity contribution in [3.05, 3.63) is 58.3 Å². The number of nitrogens with zero attached hydrogens (tertiary/aromatic N) is 1. The first-order valence-electron chi connectivity index (χ1n) is 6.63. The molecule has 0 aliphatic heterocycles. The van der Waals surface area contributed by atoms with Crippen molar-refractivity contribution >= 4 is 28.1 Å². The molecular formula is C16H14BrFN2O3. The fourth-order valence-corrected chi connectivity index (χ4v) is 2.24. The van der Waals surface area contributed by atoms with E-state index in [0.717, 1.165) is 10.0 Å². The number of halogens is 2. The minimum absolute atomic E-state index is 0.0192. The van der Waals surface area contributed by atoms with Crippen molar-refractivity contribution < 1.29 is 18.7 Å². The van der Waals surface area contributed by atoms with Gasteiger partial charge in [-0.15, -0.1) is 0 Å². The van der Waals surface area contributed by atoms with Crippen LogP contribution in [0.25, 0.3) is 0 Å².